The predicted octanol–water partition coefficient (Wildman–Crippen LogP) is 6.39. The van der Waals surface area contributed by atoms with Crippen LogP contribution in [0.15, 0.2) is 66.9 Å². The third-order valence-corrected chi connectivity index (χ3v) is 7.90. The zero-order valence-corrected chi connectivity index (χ0v) is 28.0. The maximum atomic E-state index is 15.0. The second-order valence-corrected chi connectivity index (χ2v) is 11.3. The summed E-state index contributed by atoms with van der Waals surface area (Å²) in [4.78, 5) is 28.6. The number of methoxy groups -OCH3 is 3. The van der Waals surface area contributed by atoms with Gasteiger partial charge >= 0.3 is 6.09 Å². The van der Waals surface area contributed by atoms with Gasteiger partial charge in [0.2, 0.25) is 5.95 Å². The van der Waals surface area contributed by atoms with Crippen LogP contribution in [0.3, 0.4) is 0 Å². The van der Waals surface area contributed by atoms with Gasteiger partial charge in [0.1, 0.15) is 17.3 Å². The molecule has 2 heterocycles. The summed E-state index contributed by atoms with van der Waals surface area (Å²) in [5.74, 6) is 1.08. The van der Waals surface area contributed by atoms with Crippen molar-refractivity contribution in [1.82, 2.24) is 19.8 Å². The average Bonchev–Trinajstić information content (AvgIpc) is 3.09. The molecule has 1 fully saturated rings. The Morgan fingerprint density at radius 1 is 0.917 bits per heavy atom. The minimum Gasteiger partial charge on any atom is -0.497 e. The van der Waals surface area contributed by atoms with Crippen molar-refractivity contribution in [3.05, 3.63) is 77.7 Å². The summed E-state index contributed by atoms with van der Waals surface area (Å²) in [5.41, 5.74) is 0.692. The van der Waals surface area contributed by atoms with Crippen molar-refractivity contribution < 1.29 is 32.9 Å². The van der Waals surface area contributed by atoms with E-state index in [9.17, 15) is 4.79 Å². The van der Waals surface area contributed by atoms with E-state index in [-0.39, 0.29) is 29.0 Å². The van der Waals surface area contributed by atoms with Crippen LogP contribution < -0.4 is 33.9 Å². The molecular weight excluding hydrogens is 643 g/mol. The summed E-state index contributed by atoms with van der Waals surface area (Å²) in [5, 5.41) is 3.41. The van der Waals surface area contributed by atoms with E-state index in [1.807, 2.05) is 0 Å². The van der Waals surface area contributed by atoms with E-state index in [1.54, 1.807) is 36.4 Å². The Labute approximate surface area is 283 Å². The van der Waals surface area contributed by atoms with Crippen molar-refractivity contribution in [2.45, 2.75) is 6.42 Å². The zero-order chi connectivity index (χ0) is 34.0. The number of anilines is 4. The maximum Gasteiger partial charge on any atom is 0.425 e. The van der Waals surface area contributed by atoms with Gasteiger partial charge in [-0.2, -0.15) is 4.98 Å². The Kier molecular flexibility index (Phi) is 11.7. The molecular formula is C34H38ClFN6O6. The molecule has 1 aromatic heterocycles. The summed E-state index contributed by atoms with van der Waals surface area (Å²) in [6, 6.07) is 15.6. The van der Waals surface area contributed by atoms with Gasteiger partial charge in [-0.05, 0) is 49.9 Å². The molecule has 3 aromatic carbocycles. The standard InChI is InChI=1S/C34H38ClFN6O6/c1-40-15-17-41(18-16-40)14-5-19-47-28-11-7-24(21-26(28)36)38-33-37-13-12-32(39-33)42(27-9-8-25(44-2)22-30(27)45-3)34(43)48-29-10-6-23(35)20-31(29)46-4/h6-13,20-22H,5,14-19H2,1-4H3,(H,37,38,39). The van der Waals surface area contributed by atoms with E-state index in [0.717, 1.165) is 39.1 Å². The highest BCUT2D eigenvalue weighted by Gasteiger charge is 2.27. The summed E-state index contributed by atoms with van der Waals surface area (Å²) in [6.45, 7) is 5.46. The van der Waals surface area contributed by atoms with Crippen LogP contribution in [0.5, 0.6) is 28.7 Å². The number of piperazine rings is 1. The molecule has 48 heavy (non-hydrogen) atoms. The normalized spacial score (nSPS) is 13.5. The fraction of sp³-hybridized carbons (Fsp3) is 0.324. The Hall–Kier alpha value is -4.85. The lowest BCUT2D eigenvalue weighted by atomic mass is 10.2. The van der Waals surface area contributed by atoms with Crippen molar-refractivity contribution >= 4 is 40.8 Å². The second kappa shape index (κ2) is 16.3. The Morgan fingerprint density at radius 2 is 1.69 bits per heavy atom. The van der Waals surface area contributed by atoms with Gasteiger partial charge < -0.3 is 38.8 Å². The Morgan fingerprint density at radius 3 is 2.42 bits per heavy atom. The third kappa shape index (κ3) is 8.73. The second-order valence-electron chi connectivity index (χ2n) is 10.9. The number of hydrogen-bond acceptors (Lipinski definition) is 11. The number of amides is 1. The number of hydrogen-bond donors (Lipinski definition) is 1. The lowest BCUT2D eigenvalue weighted by Gasteiger charge is -2.32. The third-order valence-electron chi connectivity index (χ3n) is 7.66. The molecule has 0 aliphatic carbocycles. The summed E-state index contributed by atoms with van der Waals surface area (Å²) < 4.78 is 42.8. The van der Waals surface area contributed by atoms with Crippen LogP contribution in [0.1, 0.15) is 6.42 Å². The number of rotatable bonds is 13. The van der Waals surface area contributed by atoms with Crippen molar-refractivity contribution in [3.63, 3.8) is 0 Å². The molecule has 0 bridgehead atoms. The minimum atomic E-state index is -0.830. The van der Waals surface area contributed by atoms with Crippen LogP contribution in [0.4, 0.5) is 32.3 Å². The number of likely N-dealkylation sites (N-methyl/N-ethyl adjacent to an activating group) is 1. The van der Waals surface area contributed by atoms with E-state index in [4.69, 9.17) is 35.3 Å². The molecule has 5 rings (SSSR count). The number of nitrogens with one attached hydrogen (secondary N) is 1. The number of carbonyl (C=O) groups is 1. The monoisotopic (exact) mass is 680 g/mol. The van der Waals surface area contributed by atoms with Gasteiger partial charge in [-0.1, -0.05) is 11.6 Å². The molecule has 12 nitrogen and oxygen atoms in total. The number of nitrogens with zero attached hydrogens (tertiary/aromatic N) is 5. The van der Waals surface area contributed by atoms with Gasteiger partial charge in [-0.3, -0.25) is 0 Å². The molecule has 14 heteroatoms. The van der Waals surface area contributed by atoms with E-state index < -0.39 is 11.9 Å². The van der Waals surface area contributed by atoms with Crippen LogP contribution in [0.2, 0.25) is 5.02 Å². The van der Waals surface area contributed by atoms with Gasteiger partial charge in [0.15, 0.2) is 23.1 Å². The molecule has 254 valence electrons. The fourth-order valence-corrected chi connectivity index (χ4v) is 5.21. The highest BCUT2D eigenvalue weighted by Crippen LogP contribution is 2.38. The van der Waals surface area contributed by atoms with E-state index in [1.165, 1.54) is 56.7 Å². The van der Waals surface area contributed by atoms with E-state index in [0.29, 0.717) is 34.5 Å². The average molecular weight is 681 g/mol. The molecule has 1 amide bonds. The van der Waals surface area contributed by atoms with Crippen molar-refractivity contribution in [3.8, 4) is 28.7 Å². The molecule has 0 atom stereocenters. The van der Waals surface area contributed by atoms with Crippen molar-refractivity contribution in [2.24, 2.45) is 0 Å². The quantitative estimate of drug-likeness (QED) is 0.159. The van der Waals surface area contributed by atoms with Crippen LogP contribution in [-0.4, -0.2) is 93.6 Å². The minimum absolute atomic E-state index is 0.0992. The van der Waals surface area contributed by atoms with Crippen LogP contribution >= 0.6 is 11.6 Å². The molecule has 1 saturated heterocycles. The van der Waals surface area contributed by atoms with Crippen LogP contribution in [-0.2, 0) is 0 Å². The topological polar surface area (TPSA) is 111 Å². The lowest BCUT2D eigenvalue weighted by molar-refractivity contribution is 0.145. The van der Waals surface area contributed by atoms with Gasteiger partial charge in [0.05, 0.1) is 33.6 Å². The maximum absolute atomic E-state index is 15.0. The molecule has 0 unspecified atom stereocenters. The number of ether oxygens (including phenoxy) is 5. The molecule has 1 aliphatic rings. The largest absolute Gasteiger partial charge is 0.497 e. The smallest absolute Gasteiger partial charge is 0.425 e. The molecule has 4 aromatic rings. The van der Waals surface area contributed by atoms with Gasteiger partial charge in [-0.25, -0.2) is 19.1 Å². The van der Waals surface area contributed by atoms with Gasteiger partial charge in [0, 0.05) is 73.9 Å². The predicted molar refractivity (Wildman–Crippen MR) is 181 cm³/mol. The van der Waals surface area contributed by atoms with Crippen molar-refractivity contribution in [2.75, 3.05) is 77.9 Å². The fourth-order valence-electron chi connectivity index (χ4n) is 5.05. The van der Waals surface area contributed by atoms with Crippen LogP contribution in [0, 0.1) is 5.82 Å². The van der Waals surface area contributed by atoms with E-state index in [2.05, 4.69) is 32.1 Å². The highest BCUT2D eigenvalue weighted by atomic mass is 35.5. The molecule has 0 spiro atoms. The first kappa shape index (κ1) is 34.5. The number of halogens is 2. The molecule has 0 radical (unpaired) electrons. The van der Waals surface area contributed by atoms with Crippen LogP contribution in [0.25, 0.3) is 0 Å². The SMILES string of the molecule is COc1ccc(N(C(=O)Oc2ccc(Cl)cc2OC)c2ccnc(Nc3ccc(OCCCN4CCN(C)CC4)c(F)c3)n2)c(OC)c1. The van der Waals surface area contributed by atoms with Gasteiger partial charge in [-0.15, -0.1) is 0 Å². The van der Waals surface area contributed by atoms with Crippen molar-refractivity contribution in [1.29, 1.82) is 0 Å². The molecule has 0 saturated carbocycles. The summed E-state index contributed by atoms with van der Waals surface area (Å²) >= 11 is 6.10. The molecule has 1 N–H and O–H groups in total. The number of benzene rings is 3. The molecule has 1 aliphatic heterocycles. The Bertz CT molecular complexity index is 1710. The zero-order valence-electron chi connectivity index (χ0n) is 27.2. The van der Waals surface area contributed by atoms with Gasteiger partial charge in [0.25, 0.3) is 0 Å². The summed E-state index contributed by atoms with van der Waals surface area (Å²) in [7, 11) is 6.54. The summed E-state index contributed by atoms with van der Waals surface area (Å²) in [6.07, 6.45) is 1.42. The highest BCUT2D eigenvalue weighted by molar-refractivity contribution is 6.30. The van der Waals surface area contributed by atoms with E-state index >= 15 is 4.39 Å². The number of carbonyl (C=O) groups excluding carboxylic acids is 1. The first-order chi connectivity index (χ1) is 23.3. The Balaban J connectivity index is 1.33. The first-order valence-electron chi connectivity index (χ1n) is 15.3. The number of aromatic nitrogens is 2. The lowest BCUT2D eigenvalue weighted by Crippen LogP contribution is -2.44. The first-order valence-corrected chi connectivity index (χ1v) is 15.7.